The van der Waals surface area contributed by atoms with Crippen LogP contribution in [-0.2, 0) is 13.2 Å². The summed E-state index contributed by atoms with van der Waals surface area (Å²) >= 11 is 3.62. The van der Waals surface area contributed by atoms with Crippen molar-refractivity contribution in [1.82, 2.24) is 10.3 Å². The molecule has 0 aliphatic carbocycles. The van der Waals surface area contributed by atoms with Gasteiger partial charge < -0.3 is 10.1 Å². The summed E-state index contributed by atoms with van der Waals surface area (Å²) in [4.78, 5) is 4.22. The average Bonchev–Trinajstić information content (AvgIpc) is 2.45. The van der Waals surface area contributed by atoms with Crippen molar-refractivity contribution in [2.45, 2.75) is 40.0 Å². The molecule has 0 fully saturated rings. The summed E-state index contributed by atoms with van der Waals surface area (Å²) in [5, 5.41) is 3.41. The van der Waals surface area contributed by atoms with Crippen molar-refractivity contribution in [3.05, 3.63) is 57.8 Å². The first-order valence-electron chi connectivity index (χ1n) is 7.11. The van der Waals surface area contributed by atoms with Crippen molar-refractivity contribution >= 4 is 15.9 Å². The summed E-state index contributed by atoms with van der Waals surface area (Å²) in [5.74, 6) is 0.829. The molecule has 2 aromatic rings. The summed E-state index contributed by atoms with van der Waals surface area (Å²) in [6, 6.07) is 10.7. The van der Waals surface area contributed by atoms with Gasteiger partial charge in [-0.25, -0.2) is 0 Å². The largest absolute Gasteiger partial charge is 0.487 e. The molecule has 0 radical (unpaired) electrons. The third-order valence-corrected chi connectivity index (χ3v) is 3.91. The lowest BCUT2D eigenvalue weighted by molar-refractivity contribution is 0.302. The zero-order valence-electron chi connectivity index (χ0n) is 12.7. The molecule has 112 valence electrons. The van der Waals surface area contributed by atoms with E-state index in [4.69, 9.17) is 4.74 Å². The Morgan fingerprint density at radius 3 is 2.76 bits per heavy atom. The molecule has 4 heteroatoms. The van der Waals surface area contributed by atoms with Gasteiger partial charge in [0.1, 0.15) is 12.4 Å². The zero-order chi connectivity index (χ0) is 15.2. The summed E-state index contributed by atoms with van der Waals surface area (Å²) in [6.45, 7) is 7.65. The molecule has 1 N–H and O–H groups in total. The number of halogens is 1. The Kier molecular flexibility index (Phi) is 5.76. The number of hydrogen-bond donors (Lipinski definition) is 1. The van der Waals surface area contributed by atoms with Gasteiger partial charge in [-0.15, -0.1) is 0 Å². The predicted molar refractivity (Wildman–Crippen MR) is 89.4 cm³/mol. The fourth-order valence-corrected chi connectivity index (χ4v) is 2.46. The van der Waals surface area contributed by atoms with Crippen molar-refractivity contribution in [1.29, 1.82) is 0 Å². The topological polar surface area (TPSA) is 34.1 Å². The Morgan fingerprint density at radius 2 is 2.10 bits per heavy atom. The van der Waals surface area contributed by atoms with Gasteiger partial charge in [-0.1, -0.05) is 41.9 Å². The first-order chi connectivity index (χ1) is 10.1. The molecule has 1 heterocycles. The second kappa shape index (κ2) is 7.57. The third kappa shape index (κ3) is 4.83. The highest BCUT2D eigenvalue weighted by atomic mass is 79.9. The maximum atomic E-state index is 5.83. The molecule has 0 atom stereocenters. The summed E-state index contributed by atoms with van der Waals surface area (Å²) < 4.78 is 6.91. The van der Waals surface area contributed by atoms with E-state index in [1.807, 2.05) is 19.1 Å². The number of nitrogens with zero attached hydrogens (tertiary/aromatic N) is 1. The number of ether oxygens (including phenoxy) is 1. The second-order valence-electron chi connectivity index (χ2n) is 5.34. The molecule has 1 aromatic heterocycles. The van der Waals surface area contributed by atoms with Crippen LogP contribution in [0, 0.1) is 6.92 Å². The van der Waals surface area contributed by atoms with Gasteiger partial charge in [0, 0.05) is 28.8 Å². The summed E-state index contributed by atoms with van der Waals surface area (Å²) in [7, 11) is 0. The normalized spacial score (nSPS) is 10.9. The molecule has 0 amide bonds. The third-order valence-electron chi connectivity index (χ3n) is 3.17. The molecule has 3 nitrogen and oxygen atoms in total. The van der Waals surface area contributed by atoms with Gasteiger partial charge in [-0.05, 0) is 30.7 Å². The van der Waals surface area contributed by atoms with Gasteiger partial charge in [0.15, 0.2) is 0 Å². The van der Waals surface area contributed by atoms with Gasteiger partial charge in [0.2, 0.25) is 0 Å². The first-order valence-corrected chi connectivity index (χ1v) is 7.90. The van der Waals surface area contributed by atoms with E-state index in [1.54, 1.807) is 6.20 Å². The van der Waals surface area contributed by atoms with Crippen molar-refractivity contribution in [2.24, 2.45) is 0 Å². The Morgan fingerprint density at radius 1 is 1.29 bits per heavy atom. The molecule has 0 saturated carbocycles. The van der Waals surface area contributed by atoms with Gasteiger partial charge in [0.05, 0.1) is 5.69 Å². The molecular weight excluding hydrogens is 328 g/mol. The van der Waals surface area contributed by atoms with Crippen LogP contribution in [0.4, 0.5) is 0 Å². The highest BCUT2D eigenvalue weighted by Gasteiger charge is 2.05. The fraction of sp³-hybridized carbons (Fsp3) is 0.353. The Bertz CT molecular complexity index is 599. The smallest absolute Gasteiger partial charge is 0.141 e. The minimum Gasteiger partial charge on any atom is -0.487 e. The van der Waals surface area contributed by atoms with Gasteiger partial charge in [0.25, 0.3) is 0 Å². The molecule has 0 saturated heterocycles. The van der Waals surface area contributed by atoms with Crippen LogP contribution in [0.25, 0.3) is 0 Å². The van der Waals surface area contributed by atoms with Crippen LogP contribution in [0.2, 0.25) is 0 Å². The van der Waals surface area contributed by atoms with E-state index in [2.05, 4.69) is 58.3 Å². The van der Waals surface area contributed by atoms with Crippen LogP contribution in [-0.4, -0.2) is 11.0 Å². The van der Waals surface area contributed by atoms with E-state index in [0.29, 0.717) is 12.6 Å². The lowest BCUT2D eigenvalue weighted by Crippen LogP contribution is -2.21. The standard InChI is InChI=1S/C17H21BrN2O/c1-12(2)20-10-14-6-7-15(16(18)9-14)11-21-17-5-4-8-19-13(17)3/h4-9,12,20H,10-11H2,1-3H3. The number of aryl methyl sites for hydroxylation is 1. The first kappa shape index (κ1) is 16.0. The molecule has 0 spiro atoms. The van der Waals surface area contributed by atoms with Gasteiger partial charge >= 0.3 is 0 Å². The van der Waals surface area contributed by atoms with Gasteiger partial charge in [-0.2, -0.15) is 0 Å². The molecule has 0 aliphatic rings. The monoisotopic (exact) mass is 348 g/mol. The fourth-order valence-electron chi connectivity index (χ4n) is 1.92. The van der Waals surface area contributed by atoms with Crippen LogP contribution in [0.5, 0.6) is 5.75 Å². The number of aromatic nitrogens is 1. The second-order valence-corrected chi connectivity index (χ2v) is 6.19. The summed E-state index contributed by atoms with van der Waals surface area (Å²) in [6.07, 6.45) is 1.77. The van der Waals surface area contributed by atoms with Crippen LogP contribution >= 0.6 is 15.9 Å². The Labute approximate surface area is 134 Å². The molecular formula is C17H21BrN2O. The SMILES string of the molecule is Cc1ncccc1OCc1ccc(CNC(C)C)cc1Br. The van der Waals surface area contributed by atoms with E-state index in [-0.39, 0.29) is 0 Å². The minimum atomic E-state index is 0.486. The number of pyridine rings is 1. The lowest BCUT2D eigenvalue weighted by atomic mass is 10.1. The zero-order valence-corrected chi connectivity index (χ0v) is 14.3. The van der Waals surface area contributed by atoms with Crippen LogP contribution in [0.1, 0.15) is 30.7 Å². The average molecular weight is 349 g/mol. The van der Waals surface area contributed by atoms with Crippen LogP contribution in [0.3, 0.4) is 0 Å². The molecule has 2 rings (SSSR count). The maximum absolute atomic E-state index is 5.83. The Balaban J connectivity index is 1.99. The number of rotatable bonds is 6. The lowest BCUT2D eigenvalue weighted by Gasteiger charge is -2.12. The number of benzene rings is 1. The quantitative estimate of drug-likeness (QED) is 0.848. The van der Waals surface area contributed by atoms with Crippen LogP contribution < -0.4 is 10.1 Å². The molecule has 0 unspecified atom stereocenters. The van der Waals surface area contributed by atoms with Gasteiger partial charge in [-0.3, -0.25) is 4.98 Å². The molecule has 1 aromatic carbocycles. The van der Waals surface area contributed by atoms with E-state index >= 15 is 0 Å². The minimum absolute atomic E-state index is 0.486. The summed E-state index contributed by atoms with van der Waals surface area (Å²) in [5.41, 5.74) is 3.30. The van der Waals surface area contributed by atoms with Crippen molar-refractivity contribution in [3.8, 4) is 5.75 Å². The number of nitrogens with one attached hydrogen (secondary N) is 1. The number of hydrogen-bond acceptors (Lipinski definition) is 3. The maximum Gasteiger partial charge on any atom is 0.141 e. The van der Waals surface area contributed by atoms with Crippen molar-refractivity contribution < 1.29 is 4.74 Å². The van der Waals surface area contributed by atoms with E-state index in [0.717, 1.165) is 28.0 Å². The van der Waals surface area contributed by atoms with E-state index < -0.39 is 0 Å². The molecule has 21 heavy (non-hydrogen) atoms. The highest BCUT2D eigenvalue weighted by molar-refractivity contribution is 9.10. The van der Waals surface area contributed by atoms with Crippen molar-refractivity contribution in [2.75, 3.05) is 0 Å². The Hall–Kier alpha value is -1.39. The van der Waals surface area contributed by atoms with Crippen LogP contribution in [0.15, 0.2) is 41.0 Å². The molecule has 0 bridgehead atoms. The molecule has 0 aliphatic heterocycles. The van der Waals surface area contributed by atoms with Crippen molar-refractivity contribution in [3.63, 3.8) is 0 Å². The highest BCUT2D eigenvalue weighted by Crippen LogP contribution is 2.22. The van der Waals surface area contributed by atoms with E-state index in [9.17, 15) is 0 Å². The van der Waals surface area contributed by atoms with E-state index in [1.165, 1.54) is 5.56 Å². The predicted octanol–water partition coefficient (Wildman–Crippen LogP) is 4.23.